The van der Waals surface area contributed by atoms with Crippen molar-refractivity contribution in [3.63, 3.8) is 0 Å². The fourth-order valence-corrected chi connectivity index (χ4v) is 2.53. The van der Waals surface area contributed by atoms with Crippen LogP contribution in [0, 0.1) is 0 Å². The first-order valence-electron chi connectivity index (χ1n) is 7.89. The van der Waals surface area contributed by atoms with Crippen LogP contribution in [0.4, 0.5) is 37.7 Å². The number of carbonyl (C=O) groups excluding carboxylic acids is 1. The van der Waals surface area contributed by atoms with Gasteiger partial charge in [-0.3, -0.25) is 0 Å². The Hall–Kier alpha value is -3.37. The van der Waals surface area contributed by atoms with Crippen LogP contribution in [-0.4, -0.2) is 23.0 Å². The lowest BCUT2D eigenvalue weighted by Gasteiger charge is -2.15. The molecule has 3 rings (SSSR count). The van der Waals surface area contributed by atoms with E-state index in [9.17, 15) is 31.1 Å². The van der Waals surface area contributed by atoms with Crippen LogP contribution in [0.2, 0.25) is 0 Å². The fourth-order valence-electron chi connectivity index (χ4n) is 2.53. The number of nitrogens with zero attached hydrogens (tertiary/aromatic N) is 2. The van der Waals surface area contributed by atoms with Gasteiger partial charge in [0.05, 0.1) is 23.9 Å². The number of carbonyl (C=O) groups is 1. The number of halogens is 6. The van der Waals surface area contributed by atoms with Crippen molar-refractivity contribution in [1.82, 2.24) is 9.97 Å². The Bertz CT molecular complexity index is 1070. The van der Waals surface area contributed by atoms with Gasteiger partial charge >= 0.3 is 18.3 Å². The van der Waals surface area contributed by atoms with Crippen molar-refractivity contribution in [2.75, 3.05) is 12.4 Å². The second-order valence-corrected chi connectivity index (χ2v) is 5.83. The summed E-state index contributed by atoms with van der Waals surface area (Å²) in [5, 5.41) is 2.70. The number of hydrogen-bond donors (Lipinski definition) is 1. The zero-order valence-corrected chi connectivity index (χ0v) is 14.5. The van der Waals surface area contributed by atoms with Gasteiger partial charge in [-0.2, -0.15) is 26.3 Å². The number of rotatable bonds is 3. The molecule has 2 aromatic heterocycles. The number of ether oxygens (including phenoxy) is 1. The van der Waals surface area contributed by atoms with E-state index in [-0.39, 0.29) is 22.5 Å². The highest BCUT2D eigenvalue weighted by Crippen LogP contribution is 2.37. The zero-order chi connectivity index (χ0) is 21.4. The van der Waals surface area contributed by atoms with Crippen molar-refractivity contribution in [3.05, 3.63) is 59.5 Å². The van der Waals surface area contributed by atoms with Crippen molar-refractivity contribution in [2.24, 2.45) is 0 Å². The Morgan fingerprint density at radius 3 is 2.34 bits per heavy atom. The summed E-state index contributed by atoms with van der Waals surface area (Å²) >= 11 is 0. The normalized spacial score (nSPS) is 12.1. The minimum atomic E-state index is -4.88. The average molecular weight is 415 g/mol. The number of alkyl halides is 6. The van der Waals surface area contributed by atoms with Crippen molar-refractivity contribution < 1.29 is 35.9 Å². The molecule has 0 aliphatic carbocycles. The Labute approximate surface area is 159 Å². The van der Waals surface area contributed by atoms with Gasteiger partial charge in [0.15, 0.2) is 0 Å². The Balaban J connectivity index is 2.14. The van der Waals surface area contributed by atoms with Gasteiger partial charge in [0.25, 0.3) is 0 Å². The lowest BCUT2D eigenvalue weighted by molar-refractivity contribution is -0.140. The molecular weight excluding hydrogens is 404 g/mol. The van der Waals surface area contributed by atoms with Crippen molar-refractivity contribution in [2.45, 2.75) is 12.4 Å². The number of methoxy groups -OCH3 is 1. The van der Waals surface area contributed by atoms with E-state index in [1.165, 1.54) is 18.3 Å². The molecule has 0 unspecified atom stereocenters. The van der Waals surface area contributed by atoms with E-state index in [0.717, 1.165) is 19.2 Å². The lowest BCUT2D eigenvalue weighted by atomic mass is 10.1. The number of fused-ring (bicyclic) bond motifs is 1. The molecule has 152 valence electrons. The first-order chi connectivity index (χ1) is 13.5. The van der Waals surface area contributed by atoms with Crippen LogP contribution in [0.5, 0.6) is 0 Å². The molecule has 11 heteroatoms. The molecule has 0 saturated carbocycles. The molecule has 0 amide bonds. The minimum absolute atomic E-state index is 0.0300. The highest BCUT2D eigenvalue weighted by Gasteiger charge is 2.35. The maximum atomic E-state index is 13.2. The van der Waals surface area contributed by atoms with Crippen LogP contribution >= 0.6 is 0 Å². The highest BCUT2D eigenvalue weighted by atomic mass is 19.4. The SMILES string of the molecule is COC(=O)c1cc(Nc2cc(C(F)(F)F)nc3cc(C(F)(F)F)ccc23)ccn1. The summed E-state index contributed by atoms with van der Waals surface area (Å²) in [4.78, 5) is 18.7. The maximum Gasteiger partial charge on any atom is 0.433 e. The number of aromatic nitrogens is 2. The number of nitrogens with one attached hydrogen (secondary N) is 1. The third kappa shape index (κ3) is 4.39. The summed E-state index contributed by atoms with van der Waals surface area (Å²) in [6.07, 6.45) is -8.39. The van der Waals surface area contributed by atoms with E-state index in [1.54, 1.807) is 0 Å². The van der Waals surface area contributed by atoms with Crippen LogP contribution in [-0.2, 0) is 17.1 Å². The molecular formula is C18H11F6N3O2. The van der Waals surface area contributed by atoms with E-state index in [2.05, 4.69) is 20.0 Å². The Kier molecular flexibility index (Phi) is 5.07. The second-order valence-electron chi connectivity index (χ2n) is 5.83. The number of esters is 1. The van der Waals surface area contributed by atoms with Crippen LogP contribution in [0.15, 0.2) is 42.6 Å². The molecule has 1 aromatic carbocycles. The summed E-state index contributed by atoms with van der Waals surface area (Å²) in [5.74, 6) is -0.765. The Morgan fingerprint density at radius 1 is 1.00 bits per heavy atom. The van der Waals surface area contributed by atoms with E-state index >= 15 is 0 Å². The standard InChI is InChI=1S/C18H11F6N3O2/c1-29-16(28)14-7-10(4-5-25-14)26-13-8-15(18(22,23)24)27-12-6-9(17(19,20)21)2-3-11(12)13/h2-8H,1H3,(H,25,26,27). The first-order valence-corrected chi connectivity index (χ1v) is 7.89. The van der Waals surface area contributed by atoms with Gasteiger partial charge < -0.3 is 10.1 Å². The van der Waals surface area contributed by atoms with Gasteiger partial charge in [0, 0.05) is 17.3 Å². The molecule has 0 radical (unpaired) electrons. The second kappa shape index (κ2) is 7.22. The summed E-state index contributed by atoms with van der Waals surface area (Å²) in [6, 6.07) is 5.59. The molecule has 3 aromatic rings. The number of benzene rings is 1. The number of hydrogen-bond acceptors (Lipinski definition) is 5. The van der Waals surface area contributed by atoms with Crippen LogP contribution in [0.3, 0.4) is 0 Å². The predicted molar refractivity (Wildman–Crippen MR) is 90.6 cm³/mol. The average Bonchev–Trinajstić information content (AvgIpc) is 2.65. The smallest absolute Gasteiger partial charge is 0.433 e. The highest BCUT2D eigenvalue weighted by molar-refractivity contribution is 5.94. The van der Waals surface area contributed by atoms with E-state index in [0.29, 0.717) is 12.1 Å². The molecule has 0 saturated heterocycles. The first kappa shape index (κ1) is 20.4. The number of pyridine rings is 2. The van der Waals surface area contributed by atoms with Crippen molar-refractivity contribution in [3.8, 4) is 0 Å². The van der Waals surface area contributed by atoms with Crippen LogP contribution in [0.25, 0.3) is 10.9 Å². The third-order valence-electron chi connectivity index (χ3n) is 3.86. The van der Waals surface area contributed by atoms with Crippen molar-refractivity contribution in [1.29, 1.82) is 0 Å². The minimum Gasteiger partial charge on any atom is -0.464 e. The van der Waals surface area contributed by atoms with Gasteiger partial charge in [-0.1, -0.05) is 6.07 Å². The van der Waals surface area contributed by atoms with Crippen molar-refractivity contribution >= 4 is 28.2 Å². The molecule has 0 aliphatic rings. The molecule has 0 atom stereocenters. The summed E-state index contributed by atoms with van der Waals surface area (Å²) in [6.45, 7) is 0. The summed E-state index contributed by atoms with van der Waals surface area (Å²) in [5.41, 5.74) is -3.04. The van der Waals surface area contributed by atoms with Crippen LogP contribution in [0.1, 0.15) is 21.7 Å². The molecule has 1 N–H and O–H groups in total. The molecule has 2 heterocycles. The van der Waals surface area contributed by atoms with Gasteiger partial charge in [-0.15, -0.1) is 0 Å². The molecule has 0 spiro atoms. The predicted octanol–water partition coefficient (Wildman–Crippen LogP) is 5.20. The largest absolute Gasteiger partial charge is 0.464 e. The Morgan fingerprint density at radius 2 is 1.72 bits per heavy atom. The fraction of sp³-hybridized carbons (Fsp3) is 0.167. The van der Waals surface area contributed by atoms with E-state index < -0.39 is 35.1 Å². The van der Waals surface area contributed by atoms with Crippen LogP contribution < -0.4 is 5.32 Å². The molecule has 0 aliphatic heterocycles. The van der Waals surface area contributed by atoms with E-state index in [1.807, 2.05) is 0 Å². The molecule has 29 heavy (non-hydrogen) atoms. The molecule has 0 bridgehead atoms. The molecule has 0 fully saturated rings. The topological polar surface area (TPSA) is 64.1 Å². The summed E-state index contributed by atoms with van der Waals surface area (Å²) in [7, 11) is 1.13. The van der Waals surface area contributed by atoms with Gasteiger partial charge in [0.2, 0.25) is 0 Å². The van der Waals surface area contributed by atoms with Gasteiger partial charge in [-0.25, -0.2) is 14.8 Å². The maximum absolute atomic E-state index is 13.2. The van der Waals surface area contributed by atoms with Gasteiger partial charge in [-0.05, 0) is 30.3 Å². The lowest BCUT2D eigenvalue weighted by Crippen LogP contribution is -2.10. The van der Waals surface area contributed by atoms with Gasteiger partial charge in [0.1, 0.15) is 11.4 Å². The van der Waals surface area contributed by atoms with E-state index in [4.69, 9.17) is 0 Å². The molecule has 5 nitrogen and oxygen atoms in total. The third-order valence-corrected chi connectivity index (χ3v) is 3.86. The zero-order valence-electron chi connectivity index (χ0n) is 14.5. The number of anilines is 2. The summed E-state index contributed by atoms with van der Waals surface area (Å²) < 4.78 is 82.9. The quantitative estimate of drug-likeness (QED) is 0.471. The monoisotopic (exact) mass is 415 g/mol.